The Balaban J connectivity index is 2.11. The average Bonchev–Trinajstić information content (AvgIpc) is 3.12. The van der Waals surface area contributed by atoms with E-state index in [1.54, 1.807) is 0 Å². The first-order valence-electron chi connectivity index (χ1n) is 5.84. The highest BCUT2D eigenvalue weighted by Crippen LogP contribution is 2.39. The lowest BCUT2D eigenvalue weighted by Crippen LogP contribution is -1.96. The third kappa shape index (κ3) is 2.18. The largest absolute Gasteiger partial charge is 0.232 e. The summed E-state index contributed by atoms with van der Waals surface area (Å²) in [7, 11) is 0. The van der Waals surface area contributed by atoms with Crippen molar-refractivity contribution in [2.24, 2.45) is 0 Å². The van der Waals surface area contributed by atoms with Gasteiger partial charge in [-0.25, -0.2) is 9.97 Å². The molecule has 3 heteroatoms. The van der Waals surface area contributed by atoms with Gasteiger partial charge in [0.2, 0.25) is 0 Å². The number of rotatable bonds is 2. The molecule has 17 heavy (non-hydrogen) atoms. The molecule has 1 fully saturated rings. The molecule has 0 bridgehead atoms. The second kappa shape index (κ2) is 4.11. The van der Waals surface area contributed by atoms with Crippen LogP contribution < -0.4 is 0 Å². The van der Waals surface area contributed by atoms with Crippen molar-refractivity contribution in [1.82, 2.24) is 9.97 Å². The quantitative estimate of drug-likeness (QED) is 0.747. The molecule has 0 radical (unpaired) electrons. The zero-order valence-electron chi connectivity index (χ0n) is 9.65. The summed E-state index contributed by atoms with van der Waals surface area (Å²) in [6, 6.07) is 10.1. The molecule has 0 unspecified atom stereocenters. The minimum atomic E-state index is 0.525. The summed E-state index contributed by atoms with van der Waals surface area (Å²) >= 11 is 6.07. The minimum Gasteiger partial charge on any atom is -0.232 e. The van der Waals surface area contributed by atoms with E-state index in [9.17, 15) is 0 Å². The smallest absolute Gasteiger partial charge is 0.133 e. The molecule has 86 valence electrons. The fourth-order valence-electron chi connectivity index (χ4n) is 1.96. The Morgan fingerprint density at radius 1 is 1.18 bits per heavy atom. The van der Waals surface area contributed by atoms with E-state index < -0.39 is 0 Å². The summed E-state index contributed by atoms with van der Waals surface area (Å²) < 4.78 is 0. The summed E-state index contributed by atoms with van der Waals surface area (Å²) in [5.74, 6) is 1.42. The van der Waals surface area contributed by atoms with Crippen molar-refractivity contribution in [1.29, 1.82) is 0 Å². The molecule has 0 spiro atoms. The first-order valence-corrected chi connectivity index (χ1v) is 6.22. The van der Waals surface area contributed by atoms with E-state index in [0.29, 0.717) is 11.1 Å². The van der Waals surface area contributed by atoms with Gasteiger partial charge in [0.15, 0.2) is 0 Å². The lowest BCUT2D eigenvalue weighted by Gasteiger charge is -2.07. The van der Waals surface area contributed by atoms with Crippen LogP contribution in [0.5, 0.6) is 0 Å². The molecule has 0 amide bonds. The summed E-state index contributed by atoms with van der Waals surface area (Å²) in [5, 5.41) is 0.542. The van der Waals surface area contributed by atoms with E-state index in [1.807, 2.05) is 18.2 Å². The van der Waals surface area contributed by atoms with Crippen molar-refractivity contribution in [3.05, 3.63) is 46.9 Å². The van der Waals surface area contributed by atoms with E-state index in [4.69, 9.17) is 11.6 Å². The van der Waals surface area contributed by atoms with Crippen LogP contribution in [-0.2, 0) is 0 Å². The van der Waals surface area contributed by atoms with Gasteiger partial charge in [-0.3, -0.25) is 0 Å². The van der Waals surface area contributed by atoms with Gasteiger partial charge in [0.25, 0.3) is 0 Å². The van der Waals surface area contributed by atoms with Gasteiger partial charge in [-0.05, 0) is 25.3 Å². The number of hydrogen-bond donors (Lipinski definition) is 0. The van der Waals surface area contributed by atoms with Gasteiger partial charge < -0.3 is 0 Å². The lowest BCUT2D eigenvalue weighted by molar-refractivity contribution is 0.930. The normalized spacial score (nSPS) is 14.9. The summed E-state index contributed by atoms with van der Waals surface area (Å²) in [4.78, 5) is 8.94. The molecule has 1 aliphatic rings. The molecule has 1 aliphatic carbocycles. The van der Waals surface area contributed by atoms with Crippen LogP contribution in [0.15, 0.2) is 30.3 Å². The van der Waals surface area contributed by atoms with Crippen molar-refractivity contribution in [3.63, 3.8) is 0 Å². The molecule has 0 atom stereocenters. The molecule has 2 nitrogen and oxygen atoms in total. The summed E-state index contributed by atoms with van der Waals surface area (Å²) in [5.41, 5.74) is 3.28. The van der Waals surface area contributed by atoms with Crippen LogP contribution in [-0.4, -0.2) is 9.97 Å². The average molecular weight is 245 g/mol. The van der Waals surface area contributed by atoms with Gasteiger partial charge in [-0.1, -0.05) is 35.9 Å². The molecular formula is C14H13ClN2. The summed E-state index contributed by atoms with van der Waals surface area (Å²) in [6.45, 7) is 2.09. The van der Waals surface area contributed by atoms with Gasteiger partial charge in [0.05, 0.1) is 5.69 Å². The Morgan fingerprint density at radius 3 is 2.65 bits per heavy atom. The topological polar surface area (TPSA) is 25.8 Å². The number of halogens is 1. The van der Waals surface area contributed by atoms with Gasteiger partial charge >= 0.3 is 0 Å². The van der Waals surface area contributed by atoms with Crippen LogP contribution >= 0.6 is 11.6 Å². The van der Waals surface area contributed by atoms with E-state index in [-0.39, 0.29) is 0 Å². The molecule has 0 saturated heterocycles. The van der Waals surface area contributed by atoms with Crippen LogP contribution in [0.2, 0.25) is 5.15 Å². The molecule has 1 saturated carbocycles. The number of nitrogens with zero attached hydrogens (tertiary/aromatic N) is 2. The molecule has 1 aromatic heterocycles. The second-order valence-electron chi connectivity index (χ2n) is 4.52. The first-order chi connectivity index (χ1) is 8.24. The Morgan fingerprint density at radius 2 is 1.94 bits per heavy atom. The monoisotopic (exact) mass is 244 g/mol. The molecular weight excluding hydrogens is 232 g/mol. The van der Waals surface area contributed by atoms with Crippen molar-refractivity contribution < 1.29 is 0 Å². The highest BCUT2D eigenvalue weighted by Gasteiger charge is 2.27. The summed E-state index contributed by atoms with van der Waals surface area (Å²) in [6.07, 6.45) is 2.38. The van der Waals surface area contributed by atoms with Gasteiger partial charge in [-0.15, -0.1) is 0 Å². The fourth-order valence-corrected chi connectivity index (χ4v) is 2.15. The highest BCUT2D eigenvalue weighted by molar-refractivity contribution is 6.29. The Hall–Kier alpha value is -1.41. The van der Waals surface area contributed by atoms with Crippen molar-refractivity contribution in [2.45, 2.75) is 25.7 Å². The zero-order chi connectivity index (χ0) is 11.8. The van der Waals surface area contributed by atoms with Crippen LogP contribution in [0.3, 0.4) is 0 Å². The van der Waals surface area contributed by atoms with Gasteiger partial charge in [-0.2, -0.15) is 0 Å². The number of benzene rings is 1. The van der Waals surface area contributed by atoms with Gasteiger partial charge in [0, 0.05) is 17.5 Å². The molecule has 0 N–H and O–H groups in total. The Labute approximate surface area is 106 Å². The van der Waals surface area contributed by atoms with Crippen LogP contribution in [0.1, 0.15) is 30.1 Å². The molecule has 3 rings (SSSR count). The predicted octanol–water partition coefficient (Wildman–Crippen LogP) is 3.98. The fraction of sp³-hybridized carbons (Fsp3) is 0.286. The van der Waals surface area contributed by atoms with Crippen LogP contribution in [0.25, 0.3) is 11.3 Å². The van der Waals surface area contributed by atoms with Crippen LogP contribution in [0, 0.1) is 6.92 Å². The molecule has 2 aromatic rings. The van der Waals surface area contributed by atoms with Crippen LogP contribution in [0.4, 0.5) is 0 Å². The SMILES string of the molecule is Cc1ccccc1-c1cc(Cl)nc(C2CC2)n1. The number of aromatic nitrogens is 2. The Bertz CT molecular complexity index is 562. The maximum absolute atomic E-state index is 6.07. The maximum Gasteiger partial charge on any atom is 0.133 e. The van der Waals surface area contributed by atoms with Crippen molar-refractivity contribution >= 4 is 11.6 Å². The van der Waals surface area contributed by atoms with Gasteiger partial charge in [0.1, 0.15) is 11.0 Å². The molecule has 1 aromatic carbocycles. The molecule has 0 aliphatic heterocycles. The first kappa shape index (κ1) is 10.7. The van der Waals surface area contributed by atoms with E-state index >= 15 is 0 Å². The number of aryl methyl sites for hydroxylation is 1. The maximum atomic E-state index is 6.07. The Kier molecular flexibility index (Phi) is 2.60. The number of hydrogen-bond acceptors (Lipinski definition) is 2. The van der Waals surface area contributed by atoms with E-state index in [2.05, 4.69) is 29.0 Å². The van der Waals surface area contributed by atoms with Crippen molar-refractivity contribution in [3.8, 4) is 11.3 Å². The molecule has 1 heterocycles. The third-order valence-electron chi connectivity index (χ3n) is 3.08. The van der Waals surface area contributed by atoms with E-state index in [0.717, 1.165) is 17.1 Å². The standard InChI is InChI=1S/C14H13ClN2/c1-9-4-2-3-5-11(9)12-8-13(15)17-14(16-12)10-6-7-10/h2-5,8,10H,6-7H2,1H3. The zero-order valence-corrected chi connectivity index (χ0v) is 10.4. The predicted molar refractivity (Wildman–Crippen MR) is 69.2 cm³/mol. The van der Waals surface area contributed by atoms with E-state index in [1.165, 1.54) is 18.4 Å². The second-order valence-corrected chi connectivity index (χ2v) is 4.91. The minimum absolute atomic E-state index is 0.525. The lowest BCUT2D eigenvalue weighted by atomic mass is 10.1. The third-order valence-corrected chi connectivity index (χ3v) is 3.27. The van der Waals surface area contributed by atoms with Crippen molar-refractivity contribution in [2.75, 3.05) is 0 Å². The highest BCUT2D eigenvalue weighted by atomic mass is 35.5.